The molecule has 1 heterocycles. The van der Waals surface area contributed by atoms with E-state index in [1.165, 1.54) is 0 Å². The summed E-state index contributed by atoms with van der Waals surface area (Å²) in [6.45, 7) is -1.80. The molecule has 166 valence electrons. The lowest BCUT2D eigenvalue weighted by Crippen LogP contribution is -2.70. The number of carboxylic acid groups (broad SMARTS) is 1. The molecule has 0 bridgehead atoms. The molecule has 0 aliphatic carbocycles. The zero-order chi connectivity index (χ0) is 23.5. The van der Waals surface area contributed by atoms with Crippen LogP contribution in [0, 0.1) is 10.1 Å². The van der Waals surface area contributed by atoms with E-state index in [0.717, 1.165) is 24.3 Å². The minimum absolute atomic E-state index is 0.108. The lowest BCUT2D eigenvalue weighted by atomic mass is 9.76. The number of nitrogens with zero attached hydrogens (tertiary/aromatic N) is 1. The highest BCUT2D eigenvalue weighted by Crippen LogP contribution is 2.42. The number of carbonyl (C=O) groups is 2. The summed E-state index contributed by atoms with van der Waals surface area (Å²) in [6, 6.07) is 2.52. The molecule has 0 aromatic heterocycles. The molecule has 13 nitrogen and oxygen atoms in total. The molecular formula is C17H22N2O11. The number of aliphatic carboxylic acids is 1. The monoisotopic (exact) mass is 431 g/mol. The summed E-state index contributed by atoms with van der Waals surface area (Å²) in [5.41, 5.74) is -0.462. The van der Waals surface area contributed by atoms with Crippen LogP contribution in [0.4, 0.5) is 5.69 Å². The summed E-state index contributed by atoms with van der Waals surface area (Å²) in [6.07, 6.45) is -7.82. The first-order chi connectivity index (χ1) is 14.5. The number of non-ortho nitro benzene ring substituents is 1. The zero-order valence-electron chi connectivity index (χ0n) is 16.4. The summed E-state index contributed by atoms with van der Waals surface area (Å²) >= 11 is 0. The fraction of sp³-hybridized carbons (Fsp3) is 0.529. The third-order valence-corrected chi connectivity index (χ3v) is 4.82. The Morgan fingerprint density at radius 1 is 1.37 bits per heavy atom. The van der Waals surface area contributed by atoms with Crippen LogP contribution in [0.5, 0.6) is 0 Å². The van der Waals surface area contributed by atoms with Crippen LogP contribution in [-0.4, -0.2) is 90.3 Å². The first-order valence-electron chi connectivity index (χ1n) is 9.30. The van der Waals surface area contributed by atoms with E-state index < -0.39 is 72.5 Å². The van der Waals surface area contributed by atoms with E-state index in [-0.39, 0.29) is 11.3 Å². The van der Waals surface area contributed by atoms with E-state index in [2.05, 4.69) is 5.32 Å². The van der Waals surface area contributed by atoms with Crippen molar-refractivity contribution >= 4 is 17.6 Å². The Hall–Kier alpha value is -2.68. The van der Waals surface area contributed by atoms with Crippen molar-refractivity contribution < 1.29 is 51.3 Å². The Balaban J connectivity index is 2.57. The molecule has 1 aliphatic rings. The number of benzene rings is 1. The summed E-state index contributed by atoms with van der Waals surface area (Å²) in [4.78, 5) is 33.8. The van der Waals surface area contributed by atoms with Gasteiger partial charge < -0.3 is 40.7 Å². The quantitative estimate of drug-likeness (QED) is 0.176. The van der Waals surface area contributed by atoms with Crippen molar-refractivity contribution in [3.63, 3.8) is 0 Å². The fourth-order valence-electron chi connectivity index (χ4n) is 3.36. The number of hydrogen-bond donors (Lipinski definition) is 7. The van der Waals surface area contributed by atoms with Crippen LogP contribution in [0.15, 0.2) is 24.3 Å². The number of ether oxygens (including phenoxy) is 1. The molecule has 1 aliphatic heterocycles. The minimum atomic E-state index is -3.20. The van der Waals surface area contributed by atoms with E-state index >= 15 is 0 Å². The summed E-state index contributed by atoms with van der Waals surface area (Å²) in [5, 5.41) is 73.4. The maximum atomic E-state index is 11.9. The van der Waals surface area contributed by atoms with Gasteiger partial charge in [-0.3, -0.25) is 14.9 Å². The molecule has 1 saturated heterocycles. The highest BCUT2D eigenvalue weighted by Gasteiger charge is 2.60. The van der Waals surface area contributed by atoms with E-state index in [9.17, 15) is 45.2 Å². The Bertz CT molecular complexity index is 823. The number of carbonyl (C=O) groups excluding carboxylic acids is 1. The fourth-order valence-corrected chi connectivity index (χ4v) is 3.36. The number of carboxylic acids is 1. The number of aliphatic hydroxyl groups excluding tert-OH is 4. The molecule has 7 atom stereocenters. The van der Waals surface area contributed by atoms with Crippen LogP contribution in [0.3, 0.4) is 0 Å². The highest BCUT2D eigenvalue weighted by atomic mass is 16.7. The molecular weight excluding hydrogens is 408 g/mol. The van der Waals surface area contributed by atoms with Gasteiger partial charge in [-0.2, -0.15) is 0 Å². The predicted molar refractivity (Wildman–Crippen MR) is 96.0 cm³/mol. The van der Waals surface area contributed by atoms with Crippen molar-refractivity contribution in [3.05, 3.63) is 39.9 Å². The number of nitrogens with one attached hydrogen (secondary N) is 1. The van der Waals surface area contributed by atoms with Gasteiger partial charge in [-0.25, -0.2) is 4.79 Å². The van der Waals surface area contributed by atoms with Crippen molar-refractivity contribution in [3.8, 4) is 0 Å². The van der Waals surface area contributed by atoms with Gasteiger partial charge in [0.1, 0.15) is 18.3 Å². The van der Waals surface area contributed by atoms with Crippen LogP contribution in [0.2, 0.25) is 0 Å². The van der Waals surface area contributed by atoms with Gasteiger partial charge in [-0.15, -0.1) is 0 Å². The maximum Gasteiger partial charge on any atom is 0.365 e. The summed E-state index contributed by atoms with van der Waals surface area (Å²) < 4.78 is 12.3. The van der Waals surface area contributed by atoms with Crippen LogP contribution in [0.25, 0.3) is 0 Å². The van der Waals surface area contributed by atoms with Crippen LogP contribution in [0.1, 0.15) is 19.8 Å². The number of nitro groups is 1. The number of amides is 1. The smallest absolute Gasteiger partial charge is 0.365 e. The van der Waals surface area contributed by atoms with Crippen molar-refractivity contribution in [2.45, 2.75) is 49.1 Å². The lowest BCUT2D eigenvalue weighted by Gasteiger charge is -2.49. The molecule has 1 aromatic carbocycles. The molecule has 2 unspecified atom stereocenters. The Morgan fingerprint density at radius 3 is 2.43 bits per heavy atom. The van der Waals surface area contributed by atoms with Crippen LogP contribution >= 0.6 is 0 Å². The van der Waals surface area contributed by atoms with Crippen molar-refractivity contribution in [1.82, 2.24) is 5.32 Å². The van der Waals surface area contributed by atoms with E-state index in [4.69, 9.17) is 11.2 Å². The van der Waals surface area contributed by atoms with E-state index in [1.54, 1.807) is 0 Å². The van der Waals surface area contributed by atoms with E-state index in [0.29, 0.717) is 0 Å². The normalized spacial score (nSPS) is 31.3. The SMILES string of the molecule is [2H]CC(=O)N[C@H]1[C@H]([C@H](O)[C@H](O)CO)OC(O)(C(=O)O)C(c2ccc([N+](=O)[O-])cc2)[C@@H]1O. The average molecular weight is 431 g/mol. The second kappa shape index (κ2) is 8.99. The van der Waals surface area contributed by atoms with Crippen LogP contribution < -0.4 is 5.32 Å². The average Bonchev–Trinajstić information content (AvgIpc) is 2.74. The van der Waals surface area contributed by atoms with Crippen molar-refractivity contribution in [2.75, 3.05) is 6.61 Å². The topological polar surface area (TPSA) is 220 Å². The number of hydrogen-bond acceptors (Lipinski definition) is 10. The van der Waals surface area contributed by atoms with Gasteiger partial charge in [-0.05, 0) is 5.56 Å². The van der Waals surface area contributed by atoms with Crippen LogP contribution in [-0.2, 0) is 14.3 Å². The highest BCUT2D eigenvalue weighted by molar-refractivity contribution is 5.78. The number of nitro benzene ring substituents is 1. The van der Waals surface area contributed by atoms with Gasteiger partial charge >= 0.3 is 5.97 Å². The second-order valence-corrected chi connectivity index (χ2v) is 6.73. The molecule has 1 amide bonds. The lowest BCUT2D eigenvalue weighted by molar-refractivity contribution is -0.384. The molecule has 1 fully saturated rings. The third kappa shape index (κ3) is 4.40. The first kappa shape index (κ1) is 22.0. The molecule has 30 heavy (non-hydrogen) atoms. The predicted octanol–water partition coefficient (Wildman–Crippen LogP) is -2.57. The van der Waals surface area contributed by atoms with Gasteiger partial charge in [0.2, 0.25) is 5.91 Å². The molecule has 0 spiro atoms. The standard InChI is InChI=1S/C17H22N2O11/c1-7(21)18-12-14(24)11(8-2-4-9(5-3-8)19(28)29)17(27,16(25)26)30-15(12)13(23)10(22)6-20/h2-5,10-15,20,22-24,27H,6H2,1H3,(H,18,21)(H,25,26)/t10-,11?,12-,13-,14+,15-,17?/m1/s1/i1D. The largest absolute Gasteiger partial charge is 0.477 e. The minimum Gasteiger partial charge on any atom is -0.477 e. The molecule has 0 saturated carbocycles. The molecule has 0 radical (unpaired) electrons. The molecule has 1 aromatic rings. The van der Waals surface area contributed by atoms with E-state index in [1.807, 2.05) is 0 Å². The molecule has 13 heteroatoms. The Kier molecular flexibility index (Phi) is 6.60. The molecule has 2 rings (SSSR count). The summed E-state index contributed by atoms with van der Waals surface area (Å²) in [5.74, 6) is -7.95. The van der Waals surface area contributed by atoms with Gasteiger partial charge in [0, 0.05) is 20.4 Å². The number of aliphatic hydroxyl groups is 5. The zero-order valence-corrected chi connectivity index (χ0v) is 15.4. The second-order valence-electron chi connectivity index (χ2n) is 6.73. The van der Waals surface area contributed by atoms with Gasteiger partial charge in [0.05, 0.1) is 29.6 Å². The van der Waals surface area contributed by atoms with Crippen molar-refractivity contribution in [2.24, 2.45) is 0 Å². The van der Waals surface area contributed by atoms with Gasteiger partial charge in [0.25, 0.3) is 11.5 Å². The summed E-state index contributed by atoms with van der Waals surface area (Å²) in [7, 11) is 0. The number of rotatable bonds is 7. The van der Waals surface area contributed by atoms with Gasteiger partial charge in [0.15, 0.2) is 0 Å². The Morgan fingerprint density at radius 2 is 1.97 bits per heavy atom. The maximum absolute atomic E-state index is 11.9. The first-order valence-corrected chi connectivity index (χ1v) is 8.59. The third-order valence-electron chi connectivity index (χ3n) is 4.82. The molecule has 7 N–H and O–H groups in total. The Labute approximate surface area is 170 Å². The van der Waals surface area contributed by atoms with Crippen molar-refractivity contribution in [1.29, 1.82) is 0 Å². The van der Waals surface area contributed by atoms with Gasteiger partial charge in [-0.1, -0.05) is 12.1 Å².